The van der Waals surface area contributed by atoms with E-state index in [9.17, 15) is 15.1 Å². The van der Waals surface area contributed by atoms with Gasteiger partial charge in [-0.05, 0) is 17.7 Å². The van der Waals surface area contributed by atoms with Crippen LogP contribution in [0, 0.1) is 5.21 Å². The second-order valence-corrected chi connectivity index (χ2v) is 5.00. The van der Waals surface area contributed by atoms with Gasteiger partial charge < -0.3 is 10.3 Å². The first-order valence-corrected chi connectivity index (χ1v) is 6.65. The fourth-order valence-electron chi connectivity index (χ4n) is 2.25. The van der Waals surface area contributed by atoms with Crippen LogP contribution in [0.5, 0.6) is 5.88 Å². The number of aromatic hydroxyl groups is 1. The van der Waals surface area contributed by atoms with Crippen LogP contribution in [0.2, 0.25) is 5.02 Å². The van der Waals surface area contributed by atoms with Gasteiger partial charge in [-0.2, -0.15) is 0 Å². The van der Waals surface area contributed by atoms with E-state index in [0.717, 1.165) is 5.56 Å². The Kier molecular flexibility index (Phi) is 3.27. The van der Waals surface area contributed by atoms with Crippen LogP contribution >= 0.6 is 11.6 Å². The molecular weight excluding hydrogens is 292 g/mol. The molecule has 6 heteroatoms. The zero-order valence-electron chi connectivity index (χ0n) is 10.9. The molecular formula is C15H11ClN2O3. The van der Waals surface area contributed by atoms with Crippen LogP contribution in [0.4, 0.5) is 0 Å². The lowest BCUT2D eigenvalue weighted by molar-refractivity contribution is -0.587. The van der Waals surface area contributed by atoms with E-state index >= 15 is 0 Å². The Morgan fingerprint density at radius 3 is 2.57 bits per heavy atom. The molecule has 106 valence electrons. The molecule has 5 nitrogen and oxygen atoms in total. The quantitative estimate of drug-likeness (QED) is 0.582. The van der Waals surface area contributed by atoms with Crippen LogP contribution < -0.4 is 10.3 Å². The molecule has 0 amide bonds. The Morgan fingerprint density at radius 1 is 1.14 bits per heavy atom. The van der Waals surface area contributed by atoms with E-state index in [4.69, 9.17) is 11.6 Å². The highest BCUT2D eigenvalue weighted by Crippen LogP contribution is 2.18. The first kappa shape index (κ1) is 13.5. The first-order valence-electron chi connectivity index (χ1n) is 6.27. The number of benzene rings is 2. The predicted octanol–water partition coefficient (Wildman–Crippen LogP) is 2.04. The van der Waals surface area contributed by atoms with Crippen LogP contribution in [0.3, 0.4) is 0 Å². The van der Waals surface area contributed by atoms with Crippen LogP contribution in [0.1, 0.15) is 5.56 Å². The first-order chi connectivity index (χ1) is 10.1. The van der Waals surface area contributed by atoms with Crippen LogP contribution in [0.15, 0.2) is 53.3 Å². The molecule has 0 aliphatic carbocycles. The van der Waals surface area contributed by atoms with Crippen molar-refractivity contribution >= 4 is 22.6 Å². The number of halogens is 1. The van der Waals surface area contributed by atoms with Gasteiger partial charge in [0.15, 0.2) is 0 Å². The van der Waals surface area contributed by atoms with Crippen molar-refractivity contribution in [3.8, 4) is 5.88 Å². The van der Waals surface area contributed by atoms with Crippen LogP contribution in [-0.2, 0) is 6.54 Å². The second-order valence-electron chi connectivity index (χ2n) is 4.59. The molecule has 21 heavy (non-hydrogen) atoms. The summed E-state index contributed by atoms with van der Waals surface area (Å²) in [6.45, 7) is 0.174. The highest BCUT2D eigenvalue weighted by Gasteiger charge is 2.19. The third-order valence-electron chi connectivity index (χ3n) is 3.31. The number of aromatic nitrogens is 2. The van der Waals surface area contributed by atoms with Gasteiger partial charge in [-0.25, -0.2) is 0 Å². The molecule has 0 unspecified atom stereocenters. The molecule has 0 bridgehead atoms. The number of para-hydroxylation sites is 2. The van der Waals surface area contributed by atoms with Crippen molar-refractivity contribution in [2.75, 3.05) is 0 Å². The van der Waals surface area contributed by atoms with Gasteiger partial charge in [0.25, 0.3) is 0 Å². The SMILES string of the molecule is O=c1c(O)[n+]([O-])c2ccccc2n1Cc1ccccc1Cl. The molecule has 0 radical (unpaired) electrons. The predicted molar refractivity (Wildman–Crippen MR) is 79.4 cm³/mol. The Balaban J connectivity index is 2.28. The van der Waals surface area contributed by atoms with Gasteiger partial charge in [0.2, 0.25) is 5.52 Å². The van der Waals surface area contributed by atoms with Crippen molar-refractivity contribution in [2.45, 2.75) is 6.54 Å². The minimum atomic E-state index is -0.847. The summed E-state index contributed by atoms with van der Waals surface area (Å²) in [6, 6.07) is 13.7. The fourth-order valence-corrected chi connectivity index (χ4v) is 2.44. The molecule has 3 aromatic rings. The second kappa shape index (κ2) is 5.10. The van der Waals surface area contributed by atoms with Crippen LogP contribution in [0.25, 0.3) is 11.0 Å². The van der Waals surface area contributed by atoms with Gasteiger partial charge in [0.1, 0.15) is 5.52 Å². The lowest BCUT2D eigenvalue weighted by atomic mass is 10.2. The number of fused-ring (bicyclic) bond motifs is 1. The van der Waals surface area contributed by atoms with Gasteiger partial charge in [0, 0.05) is 11.1 Å². The van der Waals surface area contributed by atoms with Crippen molar-refractivity contribution in [2.24, 2.45) is 0 Å². The normalized spacial score (nSPS) is 10.9. The Labute approximate surface area is 124 Å². The minimum absolute atomic E-state index is 0.174. The molecule has 0 saturated heterocycles. The zero-order valence-corrected chi connectivity index (χ0v) is 11.6. The van der Waals surface area contributed by atoms with E-state index in [2.05, 4.69) is 0 Å². The topological polar surface area (TPSA) is 69.2 Å². The van der Waals surface area contributed by atoms with Crippen molar-refractivity contribution in [3.63, 3.8) is 0 Å². The van der Waals surface area contributed by atoms with Gasteiger partial charge in [0.05, 0.1) is 6.54 Å². The van der Waals surface area contributed by atoms with Gasteiger partial charge in [-0.15, -0.1) is 4.73 Å². The number of nitrogens with zero attached hydrogens (tertiary/aromatic N) is 2. The molecule has 1 heterocycles. The fraction of sp³-hybridized carbons (Fsp3) is 0.0667. The lowest BCUT2D eigenvalue weighted by Crippen LogP contribution is -2.37. The summed E-state index contributed by atoms with van der Waals surface area (Å²) in [5, 5.41) is 22.1. The highest BCUT2D eigenvalue weighted by molar-refractivity contribution is 6.31. The molecule has 0 saturated carbocycles. The summed E-state index contributed by atoms with van der Waals surface area (Å²) in [7, 11) is 0. The summed E-state index contributed by atoms with van der Waals surface area (Å²) in [5.41, 5.74) is 0.648. The molecule has 0 fully saturated rings. The van der Waals surface area contributed by atoms with E-state index in [-0.39, 0.29) is 16.8 Å². The van der Waals surface area contributed by atoms with Crippen molar-refractivity contribution in [3.05, 3.63) is 74.7 Å². The van der Waals surface area contributed by atoms with Crippen molar-refractivity contribution in [1.29, 1.82) is 0 Å². The molecule has 0 atom stereocenters. The van der Waals surface area contributed by atoms with Gasteiger partial charge in [-0.1, -0.05) is 41.9 Å². The number of rotatable bonds is 2. The molecule has 0 aliphatic rings. The van der Waals surface area contributed by atoms with E-state index in [1.165, 1.54) is 4.57 Å². The van der Waals surface area contributed by atoms with E-state index in [1.54, 1.807) is 42.5 Å². The van der Waals surface area contributed by atoms with E-state index in [1.807, 2.05) is 6.07 Å². The lowest BCUT2D eigenvalue weighted by Gasteiger charge is -2.11. The van der Waals surface area contributed by atoms with Crippen molar-refractivity contribution in [1.82, 2.24) is 4.57 Å². The third kappa shape index (κ3) is 2.21. The summed E-state index contributed by atoms with van der Waals surface area (Å²) in [4.78, 5) is 12.2. The maximum Gasteiger partial charge on any atom is 0.445 e. The molecule has 1 aromatic heterocycles. The maximum absolute atomic E-state index is 12.2. The molecule has 1 N–H and O–H groups in total. The maximum atomic E-state index is 12.2. The summed E-state index contributed by atoms with van der Waals surface area (Å²) in [6.07, 6.45) is 0. The molecule has 0 spiro atoms. The van der Waals surface area contributed by atoms with Crippen LogP contribution in [-0.4, -0.2) is 9.67 Å². The summed E-state index contributed by atoms with van der Waals surface area (Å²) in [5.74, 6) is -0.847. The molecule has 3 rings (SSSR count). The molecule has 0 aliphatic heterocycles. The Morgan fingerprint density at radius 2 is 1.81 bits per heavy atom. The minimum Gasteiger partial charge on any atom is -0.615 e. The zero-order chi connectivity index (χ0) is 15.0. The summed E-state index contributed by atoms with van der Waals surface area (Å²) >= 11 is 6.10. The standard InChI is InChI=1S/C15H11ClN2O3/c16-11-6-2-1-5-10(11)9-17-12-7-3-4-8-13(12)18(21)15(20)14(17)19/h1-8,20H,9H2. The smallest absolute Gasteiger partial charge is 0.445 e. The average Bonchev–Trinajstić information content (AvgIpc) is 2.51. The largest absolute Gasteiger partial charge is 0.615 e. The number of hydrogen-bond donors (Lipinski definition) is 1. The molecule has 2 aromatic carbocycles. The van der Waals surface area contributed by atoms with Gasteiger partial charge in [-0.3, -0.25) is 9.36 Å². The van der Waals surface area contributed by atoms with Gasteiger partial charge >= 0.3 is 11.4 Å². The highest BCUT2D eigenvalue weighted by atomic mass is 35.5. The Hall–Kier alpha value is -2.53. The van der Waals surface area contributed by atoms with Crippen molar-refractivity contribution < 1.29 is 9.84 Å². The van der Waals surface area contributed by atoms with E-state index in [0.29, 0.717) is 10.5 Å². The van der Waals surface area contributed by atoms with E-state index < -0.39 is 11.4 Å². The Bertz CT molecular complexity index is 890. The number of hydrogen-bond acceptors (Lipinski definition) is 3. The third-order valence-corrected chi connectivity index (χ3v) is 3.68. The summed E-state index contributed by atoms with van der Waals surface area (Å²) < 4.78 is 1.57. The monoisotopic (exact) mass is 302 g/mol. The average molecular weight is 303 g/mol.